The molecule has 5 N–H and O–H groups in total. The van der Waals surface area contributed by atoms with E-state index < -0.39 is 0 Å². The maximum absolute atomic E-state index is 5.88. The quantitative estimate of drug-likeness (QED) is 0.242. The zero-order valence-electron chi connectivity index (χ0n) is 9.04. The van der Waals surface area contributed by atoms with E-state index in [1.54, 1.807) is 12.1 Å². The molecule has 0 radical (unpaired) electrons. The van der Waals surface area contributed by atoms with Gasteiger partial charge in [0.2, 0.25) is 0 Å². The molecule has 3 nitrogen and oxygen atoms in total. The van der Waals surface area contributed by atoms with Gasteiger partial charge in [0, 0.05) is 23.2 Å². The molecular formula is C12H16ClN3. The van der Waals surface area contributed by atoms with Crippen LogP contribution in [0.15, 0.2) is 18.2 Å². The molecule has 0 bridgehead atoms. The number of hydrogen-bond donors (Lipinski definition) is 3. The van der Waals surface area contributed by atoms with Gasteiger partial charge in [-0.15, -0.1) is 12.3 Å². The van der Waals surface area contributed by atoms with Gasteiger partial charge in [0.05, 0.1) is 0 Å². The molecule has 0 aromatic heterocycles. The summed E-state index contributed by atoms with van der Waals surface area (Å²) < 4.78 is 0. The Balaban J connectivity index is 2.75. The van der Waals surface area contributed by atoms with Gasteiger partial charge in [0.25, 0.3) is 0 Å². The van der Waals surface area contributed by atoms with Crippen LogP contribution < -0.4 is 17.0 Å². The van der Waals surface area contributed by atoms with E-state index in [4.69, 9.17) is 29.6 Å². The molecule has 1 rings (SSSR count). The molecular weight excluding hydrogens is 222 g/mol. The fourth-order valence-corrected chi connectivity index (χ4v) is 1.78. The van der Waals surface area contributed by atoms with E-state index in [9.17, 15) is 0 Å². The van der Waals surface area contributed by atoms with Gasteiger partial charge in [-0.3, -0.25) is 11.3 Å². The first-order valence-corrected chi connectivity index (χ1v) is 5.51. The van der Waals surface area contributed by atoms with Gasteiger partial charge in [-0.1, -0.05) is 17.7 Å². The molecule has 1 atom stereocenters. The molecule has 0 spiro atoms. The van der Waals surface area contributed by atoms with Gasteiger partial charge in [-0.05, 0) is 30.5 Å². The van der Waals surface area contributed by atoms with Crippen LogP contribution in [0.25, 0.3) is 0 Å². The topological polar surface area (TPSA) is 64.1 Å². The van der Waals surface area contributed by atoms with Crippen LogP contribution in [0.1, 0.15) is 30.9 Å². The van der Waals surface area contributed by atoms with Crippen molar-refractivity contribution in [3.8, 4) is 12.3 Å². The number of nitrogens with two attached hydrogens (primary N) is 2. The van der Waals surface area contributed by atoms with Crippen molar-refractivity contribution in [3.05, 3.63) is 28.8 Å². The maximum Gasteiger partial charge on any atom is 0.0480 e. The van der Waals surface area contributed by atoms with Crippen LogP contribution in [0.5, 0.6) is 0 Å². The molecule has 0 fully saturated rings. The van der Waals surface area contributed by atoms with Gasteiger partial charge in [-0.25, -0.2) is 0 Å². The number of nitrogen functional groups attached to an aromatic ring is 1. The summed E-state index contributed by atoms with van der Waals surface area (Å²) in [6.45, 7) is 0. The average molecular weight is 238 g/mol. The lowest BCUT2D eigenvalue weighted by atomic mass is 10.00. The Morgan fingerprint density at radius 3 is 2.81 bits per heavy atom. The minimum Gasteiger partial charge on any atom is -0.398 e. The lowest BCUT2D eigenvalue weighted by Crippen LogP contribution is -2.28. The smallest absolute Gasteiger partial charge is 0.0480 e. The van der Waals surface area contributed by atoms with E-state index in [-0.39, 0.29) is 6.04 Å². The van der Waals surface area contributed by atoms with Gasteiger partial charge < -0.3 is 5.73 Å². The number of unbranched alkanes of at least 4 members (excludes halogenated alkanes) is 1. The summed E-state index contributed by atoms with van der Waals surface area (Å²) in [5, 5.41) is 0.626. The summed E-state index contributed by atoms with van der Waals surface area (Å²) >= 11 is 5.83. The molecule has 0 aliphatic heterocycles. The van der Waals surface area contributed by atoms with Crippen LogP contribution in [-0.2, 0) is 0 Å². The summed E-state index contributed by atoms with van der Waals surface area (Å²) in [6, 6.07) is 5.44. The monoisotopic (exact) mass is 237 g/mol. The Bertz CT molecular complexity index is 384. The third-order valence-corrected chi connectivity index (χ3v) is 2.67. The Morgan fingerprint density at radius 2 is 2.25 bits per heavy atom. The van der Waals surface area contributed by atoms with Crippen LogP contribution in [-0.4, -0.2) is 0 Å². The number of nitrogens with one attached hydrogen (secondary N) is 1. The van der Waals surface area contributed by atoms with Gasteiger partial charge in [0.15, 0.2) is 0 Å². The van der Waals surface area contributed by atoms with Crippen LogP contribution in [0.3, 0.4) is 0 Å². The highest BCUT2D eigenvalue weighted by atomic mass is 35.5. The summed E-state index contributed by atoms with van der Waals surface area (Å²) in [7, 11) is 0. The fraction of sp³-hybridized carbons (Fsp3) is 0.333. The molecule has 0 amide bonds. The molecule has 0 aliphatic rings. The Kier molecular flexibility index (Phi) is 5.13. The maximum atomic E-state index is 5.88. The highest BCUT2D eigenvalue weighted by Gasteiger charge is 2.12. The number of benzene rings is 1. The van der Waals surface area contributed by atoms with Crippen LogP contribution >= 0.6 is 11.6 Å². The highest BCUT2D eigenvalue weighted by Crippen LogP contribution is 2.26. The van der Waals surface area contributed by atoms with E-state index in [1.807, 2.05) is 6.07 Å². The van der Waals surface area contributed by atoms with Crippen molar-refractivity contribution in [3.63, 3.8) is 0 Å². The number of anilines is 1. The first kappa shape index (κ1) is 12.9. The standard InChI is InChI=1S/C12H16ClN3/c1-2-3-4-5-12(16-15)10-7-6-9(13)8-11(10)14/h1,6-8,12,16H,3-5,14-15H2. The Labute approximate surface area is 101 Å². The van der Waals surface area contributed by atoms with Crippen molar-refractivity contribution in [2.45, 2.75) is 25.3 Å². The average Bonchev–Trinajstić information content (AvgIpc) is 2.26. The normalized spacial score (nSPS) is 12.1. The van der Waals surface area contributed by atoms with Crippen LogP contribution in [0, 0.1) is 12.3 Å². The van der Waals surface area contributed by atoms with Crippen molar-refractivity contribution < 1.29 is 0 Å². The van der Waals surface area contributed by atoms with Crippen molar-refractivity contribution >= 4 is 17.3 Å². The second kappa shape index (κ2) is 6.39. The van der Waals surface area contributed by atoms with Crippen molar-refractivity contribution in [1.82, 2.24) is 5.43 Å². The summed E-state index contributed by atoms with van der Waals surface area (Å²) in [6.07, 6.45) is 7.71. The van der Waals surface area contributed by atoms with Crippen molar-refractivity contribution in [2.24, 2.45) is 5.84 Å². The lowest BCUT2D eigenvalue weighted by molar-refractivity contribution is 0.504. The SMILES string of the molecule is C#CCCCC(NN)c1ccc(Cl)cc1N. The van der Waals surface area contributed by atoms with E-state index in [0.717, 1.165) is 24.8 Å². The van der Waals surface area contributed by atoms with Gasteiger partial charge >= 0.3 is 0 Å². The Hall–Kier alpha value is -1.21. The minimum atomic E-state index is 0.0191. The predicted molar refractivity (Wildman–Crippen MR) is 68.6 cm³/mol. The van der Waals surface area contributed by atoms with E-state index in [1.165, 1.54) is 0 Å². The lowest BCUT2D eigenvalue weighted by Gasteiger charge is -2.17. The molecule has 0 heterocycles. The highest BCUT2D eigenvalue weighted by molar-refractivity contribution is 6.30. The molecule has 0 aliphatic carbocycles. The Morgan fingerprint density at radius 1 is 1.50 bits per heavy atom. The van der Waals surface area contributed by atoms with E-state index in [0.29, 0.717) is 10.7 Å². The first-order chi connectivity index (χ1) is 7.69. The number of hydrogen-bond acceptors (Lipinski definition) is 3. The summed E-state index contributed by atoms with van der Waals surface area (Å²) in [4.78, 5) is 0. The third-order valence-electron chi connectivity index (χ3n) is 2.44. The zero-order valence-corrected chi connectivity index (χ0v) is 9.80. The largest absolute Gasteiger partial charge is 0.398 e. The molecule has 1 unspecified atom stereocenters. The van der Waals surface area contributed by atoms with E-state index >= 15 is 0 Å². The molecule has 86 valence electrons. The molecule has 16 heavy (non-hydrogen) atoms. The zero-order chi connectivity index (χ0) is 12.0. The van der Waals surface area contributed by atoms with Crippen molar-refractivity contribution in [2.75, 3.05) is 5.73 Å². The second-order valence-corrected chi connectivity index (χ2v) is 4.03. The number of rotatable bonds is 5. The molecule has 1 aromatic rings. The fourth-order valence-electron chi connectivity index (χ4n) is 1.60. The van der Waals surface area contributed by atoms with Gasteiger partial charge in [-0.2, -0.15) is 0 Å². The van der Waals surface area contributed by atoms with Gasteiger partial charge in [0.1, 0.15) is 0 Å². The predicted octanol–water partition coefficient (Wildman–Crippen LogP) is 2.23. The minimum absolute atomic E-state index is 0.0191. The molecule has 4 heteroatoms. The molecule has 1 aromatic carbocycles. The molecule has 0 saturated carbocycles. The van der Waals surface area contributed by atoms with Crippen molar-refractivity contribution in [1.29, 1.82) is 0 Å². The molecule has 0 saturated heterocycles. The second-order valence-electron chi connectivity index (χ2n) is 3.59. The number of hydrazine groups is 1. The summed E-state index contributed by atoms with van der Waals surface area (Å²) in [5.41, 5.74) is 10.2. The number of terminal acetylenes is 1. The van der Waals surface area contributed by atoms with E-state index in [2.05, 4.69) is 11.3 Å². The number of halogens is 1. The van der Waals surface area contributed by atoms with Crippen LogP contribution in [0.4, 0.5) is 5.69 Å². The van der Waals surface area contributed by atoms with Crippen LogP contribution in [0.2, 0.25) is 5.02 Å². The third kappa shape index (κ3) is 3.42. The summed E-state index contributed by atoms with van der Waals surface area (Å²) in [5.74, 6) is 8.11. The first-order valence-electron chi connectivity index (χ1n) is 5.13.